The molecule has 0 unspecified atom stereocenters. The molecule has 0 aliphatic heterocycles. The standard InChI is InChI=1S/C26H31O2P/c1-25(2,3)21-16-10-15-20(24(21)26(4,5)6)19-14-11-17-22(29(27)28)23(19)18-12-8-7-9-13-18/h7-17,27-28H,1-6H3. The van der Waals surface area contributed by atoms with E-state index in [0.717, 1.165) is 22.3 Å². The Kier molecular flexibility index (Phi) is 6.01. The van der Waals surface area contributed by atoms with Crippen LogP contribution in [0.15, 0.2) is 66.7 Å². The molecule has 3 aromatic rings. The van der Waals surface area contributed by atoms with E-state index in [1.807, 2.05) is 42.5 Å². The molecule has 0 saturated heterocycles. The molecule has 0 aliphatic rings. The van der Waals surface area contributed by atoms with Crippen molar-refractivity contribution in [3.63, 3.8) is 0 Å². The second-order valence-electron chi connectivity index (χ2n) is 9.58. The number of hydrogen-bond donors (Lipinski definition) is 2. The maximum absolute atomic E-state index is 10.2. The number of hydrogen-bond acceptors (Lipinski definition) is 2. The highest BCUT2D eigenvalue weighted by atomic mass is 31.2. The largest absolute Gasteiger partial charge is 0.347 e. The van der Waals surface area contributed by atoms with Gasteiger partial charge in [0.15, 0.2) is 8.38 Å². The van der Waals surface area contributed by atoms with Crippen LogP contribution in [0.2, 0.25) is 0 Å². The van der Waals surface area contributed by atoms with Crippen LogP contribution in [0.3, 0.4) is 0 Å². The lowest BCUT2D eigenvalue weighted by Crippen LogP contribution is -2.23. The van der Waals surface area contributed by atoms with E-state index < -0.39 is 8.38 Å². The Balaban J connectivity index is 2.43. The molecule has 0 saturated carbocycles. The van der Waals surface area contributed by atoms with Gasteiger partial charge in [0, 0.05) is 10.9 Å². The molecule has 0 amide bonds. The molecule has 0 bridgehead atoms. The van der Waals surface area contributed by atoms with Gasteiger partial charge in [-0.15, -0.1) is 0 Å². The van der Waals surface area contributed by atoms with Crippen molar-refractivity contribution in [1.29, 1.82) is 0 Å². The molecule has 3 rings (SSSR count). The molecule has 2 N–H and O–H groups in total. The van der Waals surface area contributed by atoms with Crippen LogP contribution < -0.4 is 5.30 Å². The molecule has 2 nitrogen and oxygen atoms in total. The van der Waals surface area contributed by atoms with Crippen molar-refractivity contribution >= 4 is 13.7 Å². The summed E-state index contributed by atoms with van der Waals surface area (Å²) < 4.78 is 0. The summed E-state index contributed by atoms with van der Waals surface area (Å²) in [7, 11) is -2.21. The smallest absolute Gasteiger partial charge is 0.200 e. The Morgan fingerprint density at radius 1 is 0.621 bits per heavy atom. The van der Waals surface area contributed by atoms with Crippen molar-refractivity contribution < 1.29 is 9.79 Å². The Labute approximate surface area is 176 Å². The SMILES string of the molecule is CC(C)(C)c1cccc(-c2cccc(P(O)O)c2-c2ccccc2)c1C(C)(C)C. The fourth-order valence-electron chi connectivity index (χ4n) is 4.05. The lowest BCUT2D eigenvalue weighted by Gasteiger charge is -2.33. The molecule has 0 aromatic heterocycles. The van der Waals surface area contributed by atoms with Gasteiger partial charge in [0.2, 0.25) is 0 Å². The van der Waals surface area contributed by atoms with Gasteiger partial charge < -0.3 is 9.79 Å². The Bertz CT molecular complexity index is 993. The van der Waals surface area contributed by atoms with Crippen LogP contribution in [0.5, 0.6) is 0 Å². The van der Waals surface area contributed by atoms with Gasteiger partial charge in [-0.3, -0.25) is 0 Å². The monoisotopic (exact) mass is 406 g/mol. The zero-order chi connectivity index (χ0) is 21.4. The first kappa shape index (κ1) is 21.7. The third-order valence-corrected chi connectivity index (χ3v) is 6.04. The first-order valence-corrected chi connectivity index (χ1v) is 11.3. The first-order chi connectivity index (χ1) is 13.5. The summed E-state index contributed by atoms with van der Waals surface area (Å²) in [6.45, 7) is 13.5. The summed E-state index contributed by atoms with van der Waals surface area (Å²) in [5.74, 6) is 0. The normalized spacial score (nSPS) is 12.4. The van der Waals surface area contributed by atoms with Gasteiger partial charge >= 0.3 is 0 Å². The van der Waals surface area contributed by atoms with Gasteiger partial charge in [-0.1, -0.05) is 102 Å². The molecular formula is C26H31O2P. The quantitative estimate of drug-likeness (QED) is 0.485. The van der Waals surface area contributed by atoms with E-state index in [2.05, 4.69) is 65.8 Å². The number of rotatable bonds is 3. The Morgan fingerprint density at radius 3 is 1.76 bits per heavy atom. The summed E-state index contributed by atoms with van der Waals surface area (Å²) >= 11 is 0. The fraction of sp³-hybridized carbons (Fsp3) is 0.308. The highest BCUT2D eigenvalue weighted by Gasteiger charge is 2.29. The summed E-state index contributed by atoms with van der Waals surface area (Å²) in [4.78, 5) is 20.3. The van der Waals surface area contributed by atoms with E-state index in [1.165, 1.54) is 11.1 Å². The lowest BCUT2D eigenvalue weighted by atomic mass is 9.71. The predicted octanol–water partition coefficient (Wildman–Crippen LogP) is 6.54. The summed E-state index contributed by atoms with van der Waals surface area (Å²) in [6, 6.07) is 22.4. The highest BCUT2D eigenvalue weighted by Crippen LogP contribution is 2.44. The number of benzene rings is 3. The van der Waals surface area contributed by atoms with E-state index >= 15 is 0 Å². The molecule has 0 atom stereocenters. The molecular weight excluding hydrogens is 375 g/mol. The average molecular weight is 407 g/mol. The Morgan fingerprint density at radius 2 is 1.21 bits per heavy atom. The van der Waals surface area contributed by atoms with E-state index in [9.17, 15) is 9.79 Å². The summed E-state index contributed by atoms with van der Waals surface area (Å²) in [6.07, 6.45) is 0. The third kappa shape index (κ3) is 4.46. The van der Waals surface area contributed by atoms with Crippen molar-refractivity contribution in [3.8, 4) is 22.3 Å². The first-order valence-electron chi connectivity index (χ1n) is 10.0. The van der Waals surface area contributed by atoms with Crippen LogP contribution in [0, 0.1) is 0 Å². The molecule has 0 radical (unpaired) electrons. The predicted molar refractivity (Wildman–Crippen MR) is 126 cm³/mol. The molecule has 3 heteroatoms. The topological polar surface area (TPSA) is 40.5 Å². The maximum atomic E-state index is 10.2. The van der Waals surface area contributed by atoms with E-state index in [0.29, 0.717) is 5.30 Å². The van der Waals surface area contributed by atoms with Crippen LogP contribution in [0.4, 0.5) is 0 Å². The van der Waals surface area contributed by atoms with Crippen molar-refractivity contribution in [2.45, 2.75) is 52.4 Å². The second-order valence-corrected chi connectivity index (χ2v) is 10.6. The highest BCUT2D eigenvalue weighted by molar-refractivity contribution is 7.54. The van der Waals surface area contributed by atoms with Gasteiger partial charge in [-0.05, 0) is 44.7 Å². The lowest BCUT2D eigenvalue weighted by molar-refractivity contribution is 0.497. The van der Waals surface area contributed by atoms with Gasteiger partial charge in [-0.25, -0.2) is 0 Å². The van der Waals surface area contributed by atoms with E-state index in [1.54, 1.807) is 0 Å². The van der Waals surface area contributed by atoms with Crippen LogP contribution in [-0.4, -0.2) is 9.79 Å². The zero-order valence-electron chi connectivity index (χ0n) is 18.2. The maximum Gasteiger partial charge on any atom is 0.200 e. The van der Waals surface area contributed by atoms with Gasteiger partial charge in [-0.2, -0.15) is 0 Å². The Hall–Kier alpha value is -1.99. The van der Waals surface area contributed by atoms with Crippen LogP contribution >= 0.6 is 8.38 Å². The molecule has 29 heavy (non-hydrogen) atoms. The molecule has 0 fully saturated rings. The molecule has 0 aliphatic carbocycles. The minimum absolute atomic E-state index is 0.00369. The van der Waals surface area contributed by atoms with Crippen molar-refractivity contribution in [2.24, 2.45) is 0 Å². The summed E-state index contributed by atoms with van der Waals surface area (Å²) in [5, 5.41) is 0.588. The second kappa shape index (κ2) is 8.03. The fourth-order valence-corrected chi connectivity index (χ4v) is 4.72. The zero-order valence-corrected chi connectivity index (χ0v) is 19.1. The van der Waals surface area contributed by atoms with E-state index in [-0.39, 0.29) is 10.8 Å². The van der Waals surface area contributed by atoms with Crippen LogP contribution in [-0.2, 0) is 10.8 Å². The van der Waals surface area contributed by atoms with Crippen LogP contribution in [0.1, 0.15) is 52.7 Å². The third-order valence-electron chi connectivity index (χ3n) is 5.23. The van der Waals surface area contributed by atoms with Crippen molar-refractivity contribution in [3.05, 3.63) is 77.9 Å². The van der Waals surface area contributed by atoms with Gasteiger partial charge in [0.25, 0.3) is 0 Å². The molecule has 0 heterocycles. The molecule has 3 aromatic carbocycles. The average Bonchev–Trinajstić information content (AvgIpc) is 2.66. The van der Waals surface area contributed by atoms with Gasteiger partial charge in [0.05, 0.1) is 0 Å². The molecule has 152 valence electrons. The minimum Gasteiger partial charge on any atom is -0.347 e. The minimum atomic E-state index is -2.21. The van der Waals surface area contributed by atoms with Crippen molar-refractivity contribution in [2.75, 3.05) is 0 Å². The van der Waals surface area contributed by atoms with E-state index in [4.69, 9.17) is 0 Å². The van der Waals surface area contributed by atoms with Gasteiger partial charge in [0.1, 0.15) is 0 Å². The van der Waals surface area contributed by atoms with Crippen molar-refractivity contribution in [1.82, 2.24) is 0 Å². The van der Waals surface area contributed by atoms with Crippen LogP contribution in [0.25, 0.3) is 22.3 Å². The molecule has 0 spiro atoms. The summed E-state index contributed by atoms with van der Waals surface area (Å²) in [5.41, 5.74) is 6.67.